The molecule has 1 aromatic rings. The second-order valence-corrected chi connectivity index (χ2v) is 3.25. The van der Waals surface area contributed by atoms with Crippen LogP contribution in [0.25, 0.3) is 0 Å². The van der Waals surface area contributed by atoms with Crippen LogP contribution in [0.15, 0.2) is 17.2 Å². The van der Waals surface area contributed by atoms with E-state index >= 15 is 0 Å². The van der Waals surface area contributed by atoms with E-state index in [1.165, 1.54) is 6.07 Å². The van der Waals surface area contributed by atoms with Gasteiger partial charge in [0, 0.05) is 0 Å². The van der Waals surface area contributed by atoms with E-state index in [2.05, 4.69) is 5.10 Å². The molecule has 0 saturated carbocycles. The van der Waals surface area contributed by atoms with Gasteiger partial charge in [0.25, 0.3) is 0 Å². The van der Waals surface area contributed by atoms with Gasteiger partial charge in [0.2, 0.25) is 0 Å². The fourth-order valence-electron chi connectivity index (χ4n) is 1.18. The maximum Gasteiger partial charge on any atom is 0.176 e. The van der Waals surface area contributed by atoms with Crippen molar-refractivity contribution < 1.29 is 13.5 Å². The van der Waals surface area contributed by atoms with Crippen molar-refractivity contribution in [1.29, 1.82) is 0 Å². The standard InChI is InChI=1S/C11H14F2N2O/c1-2-3-6-16-10-5-4-9(12)8(7-15-14)11(10)13/h4-5,7H,2-3,6,14H2,1H3. The molecule has 0 aliphatic rings. The molecule has 0 spiro atoms. The van der Waals surface area contributed by atoms with Crippen LogP contribution in [0.1, 0.15) is 25.3 Å². The smallest absolute Gasteiger partial charge is 0.176 e. The SMILES string of the molecule is CCCCOc1ccc(F)c(C=NN)c1F. The molecule has 0 aliphatic carbocycles. The van der Waals surface area contributed by atoms with Crippen LogP contribution in [0.4, 0.5) is 8.78 Å². The van der Waals surface area contributed by atoms with Crippen LogP contribution in [0, 0.1) is 11.6 Å². The molecule has 5 heteroatoms. The van der Waals surface area contributed by atoms with Crippen molar-refractivity contribution in [2.75, 3.05) is 6.61 Å². The summed E-state index contributed by atoms with van der Waals surface area (Å²) in [6, 6.07) is 2.38. The zero-order valence-electron chi connectivity index (χ0n) is 9.04. The molecule has 0 amide bonds. The lowest BCUT2D eigenvalue weighted by Crippen LogP contribution is -2.03. The fourth-order valence-corrected chi connectivity index (χ4v) is 1.18. The molecule has 88 valence electrons. The molecule has 0 aromatic heterocycles. The number of halogens is 2. The number of hydrogen-bond donors (Lipinski definition) is 1. The van der Waals surface area contributed by atoms with Gasteiger partial charge in [0.1, 0.15) is 5.82 Å². The minimum Gasteiger partial charge on any atom is -0.490 e. The van der Waals surface area contributed by atoms with E-state index in [1.807, 2.05) is 6.92 Å². The second-order valence-electron chi connectivity index (χ2n) is 3.25. The minimum atomic E-state index is -0.773. The molecule has 0 atom stereocenters. The molecule has 2 N–H and O–H groups in total. The molecule has 1 aromatic carbocycles. The predicted molar refractivity (Wildman–Crippen MR) is 58.5 cm³/mol. The van der Waals surface area contributed by atoms with E-state index < -0.39 is 11.6 Å². The number of unbranched alkanes of at least 4 members (excludes halogenated alkanes) is 1. The summed E-state index contributed by atoms with van der Waals surface area (Å²) in [5.41, 5.74) is -0.281. The number of benzene rings is 1. The number of hydrogen-bond acceptors (Lipinski definition) is 3. The molecule has 3 nitrogen and oxygen atoms in total. The molecular weight excluding hydrogens is 214 g/mol. The minimum absolute atomic E-state index is 0.0183. The molecule has 1 rings (SSSR count). The summed E-state index contributed by atoms with van der Waals surface area (Å²) in [7, 11) is 0. The Morgan fingerprint density at radius 3 is 2.81 bits per heavy atom. The lowest BCUT2D eigenvalue weighted by molar-refractivity contribution is 0.293. The maximum absolute atomic E-state index is 13.6. The topological polar surface area (TPSA) is 47.6 Å². The van der Waals surface area contributed by atoms with Crippen molar-refractivity contribution in [2.45, 2.75) is 19.8 Å². The number of nitrogens with zero attached hydrogens (tertiary/aromatic N) is 1. The van der Waals surface area contributed by atoms with Crippen molar-refractivity contribution in [3.8, 4) is 5.75 Å². The summed E-state index contributed by atoms with van der Waals surface area (Å²) in [5.74, 6) is 3.40. The third-order valence-electron chi connectivity index (χ3n) is 2.05. The van der Waals surface area contributed by atoms with E-state index in [1.54, 1.807) is 0 Å². The molecule has 0 aliphatic heterocycles. The monoisotopic (exact) mass is 228 g/mol. The summed E-state index contributed by atoms with van der Waals surface area (Å²) < 4.78 is 32.0. The highest BCUT2D eigenvalue weighted by Crippen LogP contribution is 2.22. The highest BCUT2D eigenvalue weighted by molar-refractivity contribution is 5.80. The molecule has 0 saturated heterocycles. The lowest BCUT2D eigenvalue weighted by Gasteiger charge is -2.08. The Morgan fingerprint density at radius 1 is 1.44 bits per heavy atom. The molecule has 16 heavy (non-hydrogen) atoms. The van der Waals surface area contributed by atoms with Crippen molar-refractivity contribution in [1.82, 2.24) is 0 Å². The van der Waals surface area contributed by atoms with Gasteiger partial charge in [0.15, 0.2) is 11.6 Å². The Hall–Kier alpha value is -1.65. The maximum atomic E-state index is 13.6. The zero-order chi connectivity index (χ0) is 12.0. The Bertz CT molecular complexity index is 380. The summed E-state index contributed by atoms with van der Waals surface area (Å²) in [4.78, 5) is 0. The molecule has 0 heterocycles. The van der Waals surface area contributed by atoms with E-state index in [0.29, 0.717) is 6.61 Å². The number of hydrazone groups is 1. The molecule has 0 unspecified atom stereocenters. The molecule has 0 radical (unpaired) electrons. The Kier molecular flexibility index (Phi) is 4.69. The molecule has 0 bridgehead atoms. The van der Waals surface area contributed by atoms with Gasteiger partial charge in [-0.25, -0.2) is 8.78 Å². The van der Waals surface area contributed by atoms with Crippen molar-refractivity contribution in [3.63, 3.8) is 0 Å². The van der Waals surface area contributed by atoms with E-state index in [9.17, 15) is 8.78 Å². The lowest BCUT2D eigenvalue weighted by atomic mass is 10.2. The second kappa shape index (κ2) is 6.05. The first-order valence-electron chi connectivity index (χ1n) is 5.04. The Morgan fingerprint density at radius 2 is 2.19 bits per heavy atom. The van der Waals surface area contributed by atoms with E-state index in [4.69, 9.17) is 10.6 Å². The van der Waals surface area contributed by atoms with Crippen molar-refractivity contribution >= 4 is 6.21 Å². The first kappa shape index (κ1) is 12.4. The average molecular weight is 228 g/mol. The van der Waals surface area contributed by atoms with Crippen molar-refractivity contribution in [3.05, 3.63) is 29.3 Å². The van der Waals surface area contributed by atoms with Gasteiger partial charge in [-0.15, -0.1) is 0 Å². The zero-order valence-corrected chi connectivity index (χ0v) is 9.04. The fraction of sp³-hybridized carbons (Fsp3) is 0.364. The van der Waals surface area contributed by atoms with Gasteiger partial charge in [-0.2, -0.15) is 5.10 Å². The normalized spacial score (nSPS) is 10.9. The highest BCUT2D eigenvalue weighted by Gasteiger charge is 2.12. The van der Waals surface area contributed by atoms with Gasteiger partial charge in [-0.3, -0.25) is 0 Å². The van der Waals surface area contributed by atoms with Crippen LogP contribution < -0.4 is 10.6 Å². The quantitative estimate of drug-likeness (QED) is 0.364. The van der Waals surface area contributed by atoms with Crippen LogP contribution in [0.2, 0.25) is 0 Å². The number of ether oxygens (including phenoxy) is 1. The third kappa shape index (κ3) is 2.92. The Labute approximate surface area is 92.9 Å². The summed E-state index contributed by atoms with van der Waals surface area (Å²) in [6.07, 6.45) is 2.69. The van der Waals surface area contributed by atoms with Gasteiger partial charge >= 0.3 is 0 Å². The summed E-state index contributed by atoms with van der Waals surface area (Å²) in [5, 5.41) is 3.10. The first-order valence-corrected chi connectivity index (χ1v) is 5.04. The number of nitrogens with two attached hydrogens (primary N) is 1. The van der Waals surface area contributed by atoms with Gasteiger partial charge < -0.3 is 10.6 Å². The van der Waals surface area contributed by atoms with Crippen molar-refractivity contribution in [2.24, 2.45) is 10.9 Å². The van der Waals surface area contributed by atoms with Gasteiger partial charge in [-0.1, -0.05) is 13.3 Å². The Balaban J connectivity index is 2.90. The molecular formula is C11H14F2N2O. The average Bonchev–Trinajstić information content (AvgIpc) is 2.28. The van der Waals surface area contributed by atoms with Crippen LogP contribution in [-0.4, -0.2) is 12.8 Å². The predicted octanol–water partition coefficient (Wildman–Crippen LogP) is 2.44. The highest BCUT2D eigenvalue weighted by atomic mass is 19.1. The van der Waals surface area contributed by atoms with Crippen LogP contribution >= 0.6 is 0 Å². The summed E-state index contributed by atoms with van der Waals surface area (Å²) >= 11 is 0. The van der Waals surface area contributed by atoms with Crippen LogP contribution in [0.5, 0.6) is 5.75 Å². The largest absolute Gasteiger partial charge is 0.490 e. The first-order chi connectivity index (χ1) is 7.70. The van der Waals surface area contributed by atoms with E-state index in [0.717, 1.165) is 25.1 Å². The summed E-state index contributed by atoms with van der Waals surface area (Å²) in [6.45, 7) is 2.40. The molecule has 0 fully saturated rings. The van der Waals surface area contributed by atoms with Gasteiger partial charge in [0.05, 0.1) is 18.4 Å². The van der Waals surface area contributed by atoms with E-state index in [-0.39, 0.29) is 11.3 Å². The number of rotatable bonds is 5. The van der Waals surface area contributed by atoms with Crippen LogP contribution in [0.3, 0.4) is 0 Å². The van der Waals surface area contributed by atoms with Gasteiger partial charge in [-0.05, 0) is 18.6 Å². The third-order valence-corrected chi connectivity index (χ3v) is 2.05. The van der Waals surface area contributed by atoms with Crippen LogP contribution in [-0.2, 0) is 0 Å².